The number of hydrogen-bond donors (Lipinski definition) is 2. The maximum atomic E-state index is 12.3. The Morgan fingerprint density at radius 1 is 1.53 bits per heavy atom. The molecular weight excluding hydrogens is 274 g/mol. The summed E-state index contributed by atoms with van der Waals surface area (Å²) in [5.41, 5.74) is 5.03. The van der Waals surface area contributed by atoms with Crippen molar-refractivity contribution < 1.29 is 18.4 Å². The fraction of sp³-hybridized carbons (Fsp3) is 0.400. The second kappa shape index (κ2) is 5.51. The van der Waals surface area contributed by atoms with Gasteiger partial charge in [-0.2, -0.15) is 4.31 Å². The molecule has 0 saturated heterocycles. The van der Waals surface area contributed by atoms with Crippen molar-refractivity contribution in [2.75, 3.05) is 19.4 Å². The summed E-state index contributed by atoms with van der Waals surface area (Å²) < 4.78 is 25.4. The molecular formula is C10H15N3O5S. The van der Waals surface area contributed by atoms with Crippen LogP contribution in [0, 0.1) is 10.1 Å². The summed E-state index contributed by atoms with van der Waals surface area (Å²) in [6.07, 6.45) is 0. The third-order valence-electron chi connectivity index (χ3n) is 2.72. The molecule has 1 rings (SSSR count). The van der Waals surface area contributed by atoms with Gasteiger partial charge in [-0.05, 0) is 19.1 Å². The number of hydrogen-bond acceptors (Lipinski definition) is 6. The first-order valence-electron chi connectivity index (χ1n) is 5.34. The summed E-state index contributed by atoms with van der Waals surface area (Å²) in [5, 5.41) is 19.9. The Kier molecular flexibility index (Phi) is 4.45. The lowest BCUT2D eigenvalue weighted by Crippen LogP contribution is -2.37. The molecule has 0 aliphatic rings. The molecule has 1 aromatic carbocycles. The summed E-state index contributed by atoms with van der Waals surface area (Å²) in [6, 6.07) is 2.63. The topological polar surface area (TPSA) is 127 Å². The van der Waals surface area contributed by atoms with Gasteiger partial charge in [0.15, 0.2) is 4.90 Å². The highest BCUT2D eigenvalue weighted by atomic mass is 32.2. The SMILES string of the molecule is CC(CO)N(C)S(=O)(=O)c1cc(N)ccc1[N+](=O)[O-]. The molecule has 3 N–H and O–H groups in total. The number of sulfonamides is 1. The lowest BCUT2D eigenvalue weighted by atomic mass is 10.3. The lowest BCUT2D eigenvalue weighted by molar-refractivity contribution is -0.387. The zero-order chi connectivity index (χ0) is 14.8. The second-order valence-corrected chi connectivity index (χ2v) is 6.00. The molecule has 0 aromatic heterocycles. The third-order valence-corrected chi connectivity index (χ3v) is 4.72. The van der Waals surface area contributed by atoms with Crippen LogP contribution in [0.2, 0.25) is 0 Å². The van der Waals surface area contributed by atoms with Crippen molar-refractivity contribution in [3.8, 4) is 0 Å². The molecule has 1 atom stereocenters. The number of nitrogens with zero attached hydrogens (tertiary/aromatic N) is 2. The van der Waals surface area contributed by atoms with Gasteiger partial charge in [0, 0.05) is 24.8 Å². The Hall–Kier alpha value is -1.71. The van der Waals surface area contributed by atoms with E-state index in [4.69, 9.17) is 10.8 Å². The van der Waals surface area contributed by atoms with E-state index in [9.17, 15) is 18.5 Å². The van der Waals surface area contributed by atoms with E-state index < -0.39 is 38.2 Å². The van der Waals surface area contributed by atoms with E-state index in [1.54, 1.807) is 0 Å². The maximum Gasteiger partial charge on any atom is 0.289 e. The Balaban J connectivity index is 3.43. The molecule has 19 heavy (non-hydrogen) atoms. The van der Waals surface area contributed by atoms with Crippen LogP contribution in [0.15, 0.2) is 23.1 Å². The van der Waals surface area contributed by atoms with Gasteiger partial charge >= 0.3 is 0 Å². The van der Waals surface area contributed by atoms with Crippen molar-refractivity contribution in [3.63, 3.8) is 0 Å². The monoisotopic (exact) mass is 289 g/mol. The number of anilines is 1. The van der Waals surface area contributed by atoms with Crippen LogP contribution in [0.25, 0.3) is 0 Å². The van der Waals surface area contributed by atoms with Crippen molar-refractivity contribution in [2.24, 2.45) is 0 Å². The average molecular weight is 289 g/mol. The van der Waals surface area contributed by atoms with Crippen LogP contribution < -0.4 is 5.73 Å². The predicted octanol–water partition coefficient (Wildman–Crippen LogP) is 0.178. The number of nitrogens with two attached hydrogens (primary N) is 1. The molecule has 106 valence electrons. The Labute approximate surface area is 110 Å². The van der Waals surface area contributed by atoms with Crippen LogP contribution in [0.3, 0.4) is 0 Å². The van der Waals surface area contributed by atoms with Gasteiger partial charge in [-0.3, -0.25) is 10.1 Å². The number of rotatable bonds is 5. The minimum absolute atomic E-state index is 0.106. The van der Waals surface area contributed by atoms with Gasteiger partial charge in [-0.1, -0.05) is 0 Å². The van der Waals surface area contributed by atoms with Gasteiger partial charge in [-0.25, -0.2) is 8.42 Å². The van der Waals surface area contributed by atoms with Crippen LogP contribution in [0.5, 0.6) is 0 Å². The number of benzene rings is 1. The van der Waals surface area contributed by atoms with Crippen molar-refractivity contribution >= 4 is 21.4 Å². The smallest absolute Gasteiger partial charge is 0.289 e. The fourth-order valence-electron chi connectivity index (χ4n) is 1.40. The van der Waals surface area contributed by atoms with E-state index in [0.29, 0.717) is 0 Å². The van der Waals surface area contributed by atoms with E-state index in [2.05, 4.69) is 0 Å². The normalized spacial score (nSPS) is 13.5. The largest absolute Gasteiger partial charge is 0.399 e. The summed E-state index contributed by atoms with van der Waals surface area (Å²) in [5.74, 6) is 0. The second-order valence-electron chi connectivity index (χ2n) is 4.04. The molecule has 0 aliphatic heterocycles. The van der Waals surface area contributed by atoms with Crippen molar-refractivity contribution in [1.82, 2.24) is 4.31 Å². The zero-order valence-electron chi connectivity index (χ0n) is 10.5. The third kappa shape index (κ3) is 3.00. The van der Waals surface area contributed by atoms with E-state index in [1.165, 1.54) is 20.0 Å². The average Bonchev–Trinajstić information content (AvgIpc) is 2.36. The van der Waals surface area contributed by atoms with Crippen LogP contribution in [-0.4, -0.2) is 42.4 Å². The highest BCUT2D eigenvalue weighted by Crippen LogP contribution is 2.28. The van der Waals surface area contributed by atoms with Crippen LogP contribution in [0.4, 0.5) is 11.4 Å². The van der Waals surface area contributed by atoms with Crippen molar-refractivity contribution in [3.05, 3.63) is 28.3 Å². The van der Waals surface area contributed by atoms with E-state index >= 15 is 0 Å². The molecule has 0 fully saturated rings. The number of aliphatic hydroxyl groups is 1. The number of aliphatic hydroxyl groups excluding tert-OH is 1. The van der Waals surface area contributed by atoms with Gasteiger partial charge in [0.05, 0.1) is 11.5 Å². The highest BCUT2D eigenvalue weighted by molar-refractivity contribution is 7.89. The lowest BCUT2D eigenvalue weighted by Gasteiger charge is -2.22. The van der Waals surface area contributed by atoms with Gasteiger partial charge in [-0.15, -0.1) is 0 Å². The number of nitrogen functional groups attached to an aromatic ring is 1. The summed E-state index contributed by atoms with van der Waals surface area (Å²) >= 11 is 0. The van der Waals surface area contributed by atoms with Crippen LogP contribution in [-0.2, 0) is 10.0 Å². The minimum Gasteiger partial charge on any atom is -0.399 e. The Morgan fingerprint density at radius 2 is 2.11 bits per heavy atom. The minimum atomic E-state index is -4.10. The molecule has 0 radical (unpaired) electrons. The van der Waals surface area contributed by atoms with Crippen molar-refractivity contribution in [2.45, 2.75) is 17.9 Å². The van der Waals surface area contributed by atoms with Crippen molar-refractivity contribution in [1.29, 1.82) is 0 Å². The quantitative estimate of drug-likeness (QED) is 0.452. The molecule has 9 heteroatoms. The molecule has 1 aromatic rings. The van der Waals surface area contributed by atoms with Crippen LogP contribution >= 0.6 is 0 Å². The molecule has 1 unspecified atom stereocenters. The molecule has 0 spiro atoms. The number of nitro groups is 1. The molecule has 0 aliphatic carbocycles. The summed E-state index contributed by atoms with van der Waals surface area (Å²) in [6.45, 7) is 1.08. The predicted molar refractivity (Wildman–Crippen MR) is 69.0 cm³/mol. The maximum absolute atomic E-state index is 12.3. The van der Waals surface area contributed by atoms with Gasteiger partial charge < -0.3 is 10.8 Å². The molecule has 0 bridgehead atoms. The van der Waals surface area contributed by atoms with Gasteiger partial charge in [0.2, 0.25) is 10.0 Å². The van der Waals surface area contributed by atoms with E-state index in [1.807, 2.05) is 0 Å². The van der Waals surface area contributed by atoms with E-state index in [0.717, 1.165) is 16.4 Å². The first-order valence-corrected chi connectivity index (χ1v) is 6.78. The molecule has 0 saturated carbocycles. The van der Waals surface area contributed by atoms with Gasteiger partial charge in [0.1, 0.15) is 0 Å². The fourth-order valence-corrected chi connectivity index (χ4v) is 2.94. The molecule has 0 heterocycles. The highest BCUT2D eigenvalue weighted by Gasteiger charge is 2.32. The zero-order valence-corrected chi connectivity index (χ0v) is 11.3. The molecule has 8 nitrogen and oxygen atoms in total. The van der Waals surface area contributed by atoms with Crippen LogP contribution in [0.1, 0.15) is 6.92 Å². The Morgan fingerprint density at radius 3 is 2.58 bits per heavy atom. The summed E-state index contributed by atoms with van der Waals surface area (Å²) in [4.78, 5) is 9.60. The number of nitro benzene ring substituents is 1. The number of likely N-dealkylation sites (N-methyl/N-ethyl adjacent to an activating group) is 1. The molecule has 0 amide bonds. The summed E-state index contributed by atoms with van der Waals surface area (Å²) in [7, 11) is -2.86. The first-order chi connectivity index (χ1) is 8.71. The van der Waals surface area contributed by atoms with E-state index in [-0.39, 0.29) is 5.69 Å². The first kappa shape index (κ1) is 15.3. The Bertz CT molecular complexity index is 587. The standard InChI is InChI=1S/C10H15N3O5S/c1-7(6-14)12(2)19(17,18)10-5-8(11)3-4-9(10)13(15)16/h3-5,7,14H,6,11H2,1-2H3. The van der Waals surface area contributed by atoms with Gasteiger partial charge in [0.25, 0.3) is 5.69 Å².